The van der Waals surface area contributed by atoms with Crippen LogP contribution >= 0.6 is 12.2 Å². The Balaban J connectivity index is 2.54. The van der Waals surface area contributed by atoms with E-state index in [4.69, 9.17) is 5.73 Å². The third-order valence-electron chi connectivity index (χ3n) is 2.52. The minimum absolute atomic E-state index is 0.00219. The van der Waals surface area contributed by atoms with Crippen LogP contribution in [0.2, 0.25) is 0 Å². The van der Waals surface area contributed by atoms with Gasteiger partial charge in [-0.05, 0) is 30.4 Å². The molecule has 8 heteroatoms. The largest absolute Gasteiger partial charge is 0.508 e. The molecule has 0 amide bonds. The molecule has 1 aliphatic rings. The molecule has 18 heavy (non-hydrogen) atoms. The van der Waals surface area contributed by atoms with E-state index in [0.29, 0.717) is 11.3 Å². The minimum Gasteiger partial charge on any atom is -0.508 e. The second kappa shape index (κ2) is 4.54. The lowest BCUT2D eigenvalue weighted by molar-refractivity contribution is 0.474. The molecular weight excluding hydrogens is 274 g/mol. The molecule has 0 atom stereocenters. The molecule has 0 aliphatic carbocycles. The van der Waals surface area contributed by atoms with Crippen LogP contribution in [0.1, 0.15) is 12.0 Å². The molecule has 6 nitrogen and oxygen atoms in total. The van der Waals surface area contributed by atoms with Gasteiger partial charge in [-0.1, -0.05) is 0 Å². The normalized spacial score (nSPS) is 19.2. The Bertz CT molecular complexity index is 638. The number of aromatic hydroxyl groups is 1. The standard InChI is InChI=1S/C10H11N3O3S2/c11-10(17)13-12-8-3-4-18(15,16)9-2-1-6(14)5-7(8)9/h1-2,5,14H,3-4H2,(H3,11,13,17). The Labute approximate surface area is 109 Å². The van der Waals surface area contributed by atoms with E-state index in [1.807, 2.05) is 0 Å². The first-order valence-corrected chi connectivity index (χ1v) is 7.14. The SMILES string of the molecule is NC(=S)NN=C1CCS(=O)(=O)c2ccc(O)cc21. The second-order valence-corrected chi connectivity index (χ2v) is 6.30. The molecule has 4 N–H and O–H groups in total. The lowest BCUT2D eigenvalue weighted by Gasteiger charge is -2.18. The molecule has 0 bridgehead atoms. The van der Waals surface area contributed by atoms with Gasteiger partial charge < -0.3 is 10.8 Å². The van der Waals surface area contributed by atoms with E-state index in [1.54, 1.807) is 0 Å². The zero-order valence-corrected chi connectivity index (χ0v) is 10.9. The number of nitrogens with one attached hydrogen (secondary N) is 1. The number of thiocarbonyl (C=S) groups is 1. The molecule has 0 unspecified atom stereocenters. The maximum Gasteiger partial charge on any atom is 0.184 e. The highest BCUT2D eigenvalue weighted by Gasteiger charge is 2.28. The average molecular weight is 285 g/mol. The molecule has 1 heterocycles. The highest BCUT2D eigenvalue weighted by Crippen LogP contribution is 2.28. The summed E-state index contributed by atoms with van der Waals surface area (Å²) in [7, 11) is -3.31. The molecule has 0 spiro atoms. The summed E-state index contributed by atoms with van der Waals surface area (Å²) in [6.45, 7) is 0. The number of phenols is 1. The number of benzene rings is 1. The van der Waals surface area contributed by atoms with E-state index in [2.05, 4.69) is 22.7 Å². The van der Waals surface area contributed by atoms with Gasteiger partial charge in [-0.3, -0.25) is 5.43 Å². The maximum absolute atomic E-state index is 11.9. The van der Waals surface area contributed by atoms with Crippen molar-refractivity contribution < 1.29 is 13.5 Å². The van der Waals surface area contributed by atoms with Crippen molar-refractivity contribution in [2.24, 2.45) is 10.8 Å². The van der Waals surface area contributed by atoms with Crippen molar-refractivity contribution in [3.8, 4) is 5.75 Å². The average Bonchev–Trinajstić information content (AvgIpc) is 2.27. The number of hydrazone groups is 1. The first-order valence-electron chi connectivity index (χ1n) is 5.08. The van der Waals surface area contributed by atoms with E-state index in [9.17, 15) is 13.5 Å². The van der Waals surface area contributed by atoms with E-state index >= 15 is 0 Å². The number of nitrogens with zero attached hydrogens (tertiary/aromatic N) is 1. The number of phenolic OH excluding ortho intramolecular Hbond substituents is 1. The molecule has 96 valence electrons. The molecule has 0 aromatic heterocycles. The molecule has 0 saturated carbocycles. The van der Waals surface area contributed by atoms with Gasteiger partial charge in [0.25, 0.3) is 0 Å². The molecule has 0 fully saturated rings. The summed E-state index contributed by atoms with van der Waals surface area (Å²) in [6, 6.07) is 4.07. The summed E-state index contributed by atoms with van der Waals surface area (Å²) in [6.07, 6.45) is 0.244. The Morgan fingerprint density at radius 1 is 1.50 bits per heavy atom. The highest BCUT2D eigenvalue weighted by molar-refractivity contribution is 7.91. The van der Waals surface area contributed by atoms with Crippen molar-refractivity contribution in [3.05, 3.63) is 23.8 Å². The van der Waals surface area contributed by atoms with Gasteiger partial charge in [0.2, 0.25) is 0 Å². The number of nitrogens with two attached hydrogens (primary N) is 1. The van der Waals surface area contributed by atoms with Crippen LogP contribution in [-0.4, -0.2) is 30.1 Å². The monoisotopic (exact) mass is 285 g/mol. The number of hydrogen-bond acceptors (Lipinski definition) is 5. The van der Waals surface area contributed by atoms with Gasteiger partial charge in [0.15, 0.2) is 14.9 Å². The zero-order chi connectivity index (χ0) is 13.3. The van der Waals surface area contributed by atoms with Gasteiger partial charge >= 0.3 is 0 Å². The number of fused-ring (bicyclic) bond motifs is 1. The summed E-state index contributed by atoms with van der Waals surface area (Å²) in [5, 5.41) is 13.4. The van der Waals surface area contributed by atoms with Crippen LogP contribution in [0.25, 0.3) is 0 Å². The lowest BCUT2D eigenvalue weighted by atomic mass is 10.1. The Kier molecular flexibility index (Phi) is 3.22. The van der Waals surface area contributed by atoms with Gasteiger partial charge in [-0.25, -0.2) is 8.42 Å². The summed E-state index contributed by atoms with van der Waals surface area (Å²) in [5.74, 6) is -0.0447. The maximum atomic E-state index is 11.9. The topological polar surface area (TPSA) is 105 Å². The molecule has 2 rings (SSSR count). The lowest BCUT2D eigenvalue weighted by Crippen LogP contribution is -2.28. The van der Waals surface area contributed by atoms with Crippen LogP contribution in [0.3, 0.4) is 0 Å². The molecule has 1 aromatic rings. The predicted molar refractivity (Wildman–Crippen MR) is 71.2 cm³/mol. The smallest absolute Gasteiger partial charge is 0.184 e. The van der Waals surface area contributed by atoms with Crippen LogP contribution < -0.4 is 11.2 Å². The molecule has 1 aromatic carbocycles. The van der Waals surface area contributed by atoms with Gasteiger partial charge in [0.05, 0.1) is 16.4 Å². The van der Waals surface area contributed by atoms with E-state index in [0.717, 1.165) is 0 Å². The van der Waals surface area contributed by atoms with Crippen molar-refractivity contribution in [1.82, 2.24) is 5.43 Å². The molecule has 0 radical (unpaired) electrons. The Hall–Kier alpha value is -1.67. The van der Waals surface area contributed by atoms with E-state index in [-0.39, 0.29) is 27.9 Å². The second-order valence-electron chi connectivity index (χ2n) is 3.78. The molecule has 0 saturated heterocycles. The van der Waals surface area contributed by atoms with Gasteiger partial charge in [-0.15, -0.1) is 0 Å². The number of hydrogen-bond donors (Lipinski definition) is 3. The predicted octanol–water partition coefficient (Wildman–Crippen LogP) is 0.107. The van der Waals surface area contributed by atoms with Crippen molar-refractivity contribution in [1.29, 1.82) is 0 Å². The van der Waals surface area contributed by atoms with E-state index < -0.39 is 9.84 Å². The van der Waals surface area contributed by atoms with Crippen LogP contribution in [0.4, 0.5) is 0 Å². The first kappa shape index (κ1) is 12.8. The summed E-state index contributed by atoms with van der Waals surface area (Å²) >= 11 is 4.63. The number of rotatable bonds is 1. The summed E-state index contributed by atoms with van der Waals surface area (Å²) in [4.78, 5) is 0.162. The van der Waals surface area contributed by atoms with Crippen LogP contribution in [-0.2, 0) is 9.84 Å². The van der Waals surface area contributed by atoms with Crippen LogP contribution in [0.15, 0.2) is 28.2 Å². The third kappa shape index (κ3) is 2.44. The van der Waals surface area contributed by atoms with Crippen molar-refractivity contribution >= 4 is 32.9 Å². The third-order valence-corrected chi connectivity index (χ3v) is 4.38. The van der Waals surface area contributed by atoms with Crippen LogP contribution in [0, 0.1) is 0 Å². The van der Waals surface area contributed by atoms with E-state index in [1.165, 1.54) is 18.2 Å². The van der Waals surface area contributed by atoms with Crippen LogP contribution in [0.5, 0.6) is 5.75 Å². The summed E-state index contributed by atoms with van der Waals surface area (Å²) < 4.78 is 23.7. The quantitative estimate of drug-likeness (QED) is 0.499. The zero-order valence-electron chi connectivity index (χ0n) is 9.25. The fraction of sp³-hybridized carbons (Fsp3) is 0.200. The number of sulfone groups is 1. The fourth-order valence-corrected chi connectivity index (χ4v) is 3.24. The fourth-order valence-electron chi connectivity index (χ4n) is 1.73. The van der Waals surface area contributed by atoms with Gasteiger partial charge in [-0.2, -0.15) is 5.10 Å². The first-order chi connectivity index (χ1) is 8.40. The Morgan fingerprint density at radius 2 is 2.22 bits per heavy atom. The minimum atomic E-state index is -3.31. The van der Waals surface area contributed by atoms with Crippen molar-refractivity contribution in [2.45, 2.75) is 11.3 Å². The van der Waals surface area contributed by atoms with Gasteiger partial charge in [0.1, 0.15) is 5.75 Å². The highest BCUT2D eigenvalue weighted by atomic mass is 32.2. The molecular formula is C10H11N3O3S2. The Morgan fingerprint density at radius 3 is 2.89 bits per heavy atom. The van der Waals surface area contributed by atoms with Crippen molar-refractivity contribution in [3.63, 3.8) is 0 Å². The van der Waals surface area contributed by atoms with Crippen molar-refractivity contribution in [2.75, 3.05) is 5.75 Å². The summed E-state index contributed by atoms with van der Waals surface area (Å²) in [5.41, 5.74) is 8.56. The van der Waals surface area contributed by atoms with Gasteiger partial charge in [0, 0.05) is 12.0 Å². The molecule has 1 aliphatic heterocycles.